The molecule has 0 aliphatic rings. The second-order valence-corrected chi connectivity index (χ2v) is 4.35. The lowest BCUT2D eigenvalue weighted by atomic mass is 10.3. The first-order valence-electron chi connectivity index (χ1n) is 5.17. The molecule has 0 fully saturated rings. The van der Waals surface area contributed by atoms with Crippen LogP contribution in [0, 0.1) is 0 Å². The van der Waals surface area contributed by atoms with E-state index in [-0.39, 0.29) is 11.7 Å². The number of hydrogen-bond donors (Lipinski definition) is 2. The van der Waals surface area contributed by atoms with E-state index >= 15 is 0 Å². The monoisotopic (exact) mass is 264 g/mol. The highest BCUT2D eigenvalue weighted by Gasteiger charge is 2.11. The number of carbonyl (C=O) groups excluding carboxylic acids is 1. The number of fused-ring (bicyclic) bond motifs is 1. The Morgan fingerprint density at radius 2 is 2.06 bits per heavy atom. The molecular formula is C11H12N4O2S. The number of ether oxygens (including phenoxy) is 1. The first kappa shape index (κ1) is 12.6. The van der Waals surface area contributed by atoms with Crippen molar-refractivity contribution in [3.8, 4) is 5.88 Å². The molecule has 2 rings (SSSR count). The van der Waals surface area contributed by atoms with Crippen molar-refractivity contribution in [2.24, 2.45) is 5.84 Å². The number of hydrogen-bond acceptors (Lipinski definition) is 6. The molecule has 1 aromatic heterocycles. The average Bonchev–Trinajstić information content (AvgIpc) is 2.43. The Hall–Kier alpha value is -1.86. The van der Waals surface area contributed by atoms with Crippen molar-refractivity contribution < 1.29 is 9.53 Å². The molecule has 0 saturated heterocycles. The lowest BCUT2D eigenvalue weighted by molar-refractivity contribution is -0.118. The summed E-state index contributed by atoms with van der Waals surface area (Å²) in [7, 11) is 1.52. The number of benzene rings is 1. The number of hydrazine groups is 1. The molecule has 0 aliphatic heterocycles. The molecule has 6 nitrogen and oxygen atoms in total. The summed E-state index contributed by atoms with van der Waals surface area (Å²) in [5, 5.41) is 0.569. The summed E-state index contributed by atoms with van der Waals surface area (Å²) >= 11 is 1.23. The van der Waals surface area contributed by atoms with Crippen LogP contribution in [0.15, 0.2) is 29.3 Å². The second-order valence-electron chi connectivity index (χ2n) is 3.38. The number of para-hydroxylation sites is 2. The molecule has 3 N–H and O–H groups in total. The van der Waals surface area contributed by atoms with E-state index in [9.17, 15) is 4.79 Å². The molecule has 0 unspecified atom stereocenters. The first-order chi connectivity index (χ1) is 8.74. The van der Waals surface area contributed by atoms with Crippen molar-refractivity contribution in [3.05, 3.63) is 24.3 Å². The highest BCUT2D eigenvalue weighted by atomic mass is 32.2. The quantitative estimate of drug-likeness (QED) is 0.366. The number of rotatable bonds is 4. The van der Waals surface area contributed by atoms with Crippen LogP contribution in [0.3, 0.4) is 0 Å². The molecule has 0 saturated carbocycles. The average molecular weight is 264 g/mol. The zero-order valence-electron chi connectivity index (χ0n) is 9.71. The second kappa shape index (κ2) is 5.65. The Labute approximate surface area is 108 Å². The third-order valence-electron chi connectivity index (χ3n) is 2.20. The van der Waals surface area contributed by atoms with E-state index in [1.807, 2.05) is 24.3 Å². The van der Waals surface area contributed by atoms with Crippen molar-refractivity contribution in [1.29, 1.82) is 0 Å². The van der Waals surface area contributed by atoms with Crippen LogP contribution in [0.2, 0.25) is 0 Å². The standard InChI is InChI=1S/C11H12N4O2S/c1-17-10-11(18-6-9(16)15-12)14-8-5-3-2-4-7(8)13-10/h2-5H,6,12H2,1H3,(H,15,16). The SMILES string of the molecule is COc1nc2ccccc2nc1SCC(=O)NN. The Balaban J connectivity index is 2.32. The van der Waals surface area contributed by atoms with E-state index in [2.05, 4.69) is 15.4 Å². The van der Waals surface area contributed by atoms with Crippen molar-refractivity contribution in [2.75, 3.05) is 12.9 Å². The van der Waals surface area contributed by atoms with Gasteiger partial charge in [-0.3, -0.25) is 10.2 Å². The number of aromatic nitrogens is 2. The van der Waals surface area contributed by atoms with Gasteiger partial charge in [-0.05, 0) is 12.1 Å². The van der Waals surface area contributed by atoms with Crippen LogP contribution in [-0.4, -0.2) is 28.7 Å². The van der Waals surface area contributed by atoms with Gasteiger partial charge < -0.3 is 4.74 Å². The van der Waals surface area contributed by atoms with Crippen LogP contribution in [0.1, 0.15) is 0 Å². The lowest BCUT2D eigenvalue weighted by Crippen LogP contribution is -2.31. The predicted octanol–water partition coefficient (Wildman–Crippen LogP) is 0.720. The molecular weight excluding hydrogens is 252 g/mol. The first-order valence-corrected chi connectivity index (χ1v) is 6.16. The number of carbonyl (C=O) groups is 1. The highest BCUT2D eigenvalue weighted by Crippen LogP contribution is 2.27. The van der Waals surface area contributed by atoms with Gasteiger partial charge in [0.2, 0.25) is 11.8 Å². The fraction of sp³-hybridized carbons (Fsp3) is 0.182. The number of nitrogens with one attached hydrogen (secondary N) is 1. The maximum Gasteiger partial charge on any atom is 0.247 e. The van der Waals surface area contributed by atoms with Gasteiger partial charge in [-0.2, -0.15) is 0 Å². The molecule has 0 bridgehead atoms. The van der Waals surface area contributed by atoms with Gasteiger partial charge >= 0.3 is 0 Å². The van der Waals surface area contributed by atoms with E-state index in [1.54, 1.807) is 0 Å². The van der Waals surface area contributed by atoms with Crippen LogP contribution in [-0.2, 0) is 4.79 Å². The minimum atomic E-state index is -0.281. The molecule has 2 aromatic rings. The van der Waals surface area contributed by atoms with Gasteiger partial charge in [0, 0.05) is 0 Å². The van der Waals surface area contributed by atoms with Crippen LogP contribution >= 0.6 is 11.8 Å². The van der Waals surface area contributed by atoms with E-state index in [0.717, 1.165) is 11.0 Å². The largest absolute Gasteiger partial charge is 0.479 e. The number of nitrogens with two attached hydrogens (primary N) is 1. The van der Waals surface area contributed by atoms with Crippen LogP contribution < -0.4 is 16.0 Å². The lowest BCUT2D eigenvalue weighted by Gasteiger charge is -2.07. The van der Waals surface area contributed by atoms with E-state index < -0.39 is 0 Å². The molecule has 7 heteroatoms. The molecule has 1 aromatic carbocycles. The summed E-state index contributed by atoms with van der Waals surface area (Å²) in [4.78, 5) is 19.8. The van der Waals surface area contributed by atoms with Gasteiger partial charge in [-0.1, -0.05) is 23.9 Å². The van der Waals surface area contributed by atoms with Crippen molar-refractivity contribution >= 4 is 28.7 Å². The minimum Gasteiger partial charge on any atom is -0.479 e. The third-order valence-corrected chi connectivity index (χ3v) is 3.15. The van der Waals surface area contributed by atoms with Crippen LogP contribution in [0.5, 0.6) is 5.88 Å². The number of nitrogens with zero attached hydrogens (tertiary/aromatic N) is 2. The predicted molar refractivity (Wildman–Crippen MR) is 69.1 cm³/mol. The smallest absolute Gasteiger partial charge is 0.247 e. The Kier molecular flexibility index (Phi) is 3.96. The summed E-state index contributed by atoms with van der Waals surface area (Å²) in [5.41, 5.74) is 3.57. The Bertz CT molecular complexity index is 576. The molecule has 94 valence electrons. The van der Waals surface area contributed by atoms with E-state index in [0.29, 0.717) is 10.9 Å². The van der Waals surface area contributed by atoms with E-state index in [4.69, 9.17) is 10.6 Å². The third kappa shape index (κ3) is 2.69. The van der Waals surface area contributed by atoms with Crippen molar-refractivity contribution in [1.82, 2.24) is 15.4 Å². The van der Waals surface area contributed by atoms with Gasteiger partial charge in [0.15, 0.2) is 5.03 Å². The summed E-state index contributed by atoms with van der Waals surface area (Å²) < 4.78 is 5.16. The molecule has 0 atom stereocenters. The summed E-state index contributed by atoms with van der Waals surface area (Å²) in [5.74, 6) is 5.31. The maximum absolute atomic E-state index is 11.1. The molecule has 1 heterocycles. The fourth-order valence-corrected chi connectivity index (χ4v) is 2.14. The zero-order chi connectivity index (χ0) is 13.0. The number of thioether (sulfide) groups is 1. The normalized spacial score (nSPS) is 10.3. The zero-order valence-corrected chi connectivity index (χ0v) is 10.5. The fourth-order valence-electron chi connectivity index (χ4n) is 1.37. The Morgan fingerprint density at radius 1 is 1.39 bits per heavy atom. The van der Waals surface area contributed by atoms with Gasteiger partial charge in [-0.15, -0.1) is 0 Å². The van der Waals surface area contributed by atoms with Crippen molar-refractivity contribution in [2.45, 2.75) is 5.03 Å². The van der Waals surface area contributed by atoms with Gasteiger partial charge in [-0.25, -0.2) is 15.8 Å². The Morgan fingerprint density at radius 3 is 2.67 bits per heavy atom. The summed E-state index contributed by atoms with van der Waals surface area (Å²) in [6.07, 6.45) is 0. The molecule has 0 spiro atoms. The topological polar surface area (TPSA) is 90.1 Å². The van der Waals surface area contributed by atoms with Crippen LogP contribution in [0.25, 0.3) is 11.0 Å². The van der Waals surface area contributed by atoms with Gasteiger partial charge in [0.25, 0.3) is 0 Å². The summed E-state index contributed by atoms with van der Waals surface area (Å²) in [6.45, 7) is 0. The maximum atomic E-state index is 11.1. The van der Waals surface area contributed by atoms with E-state index in [1.165, 1.54) is 18.9 Å². The molecule has 0 aliphatic carbocycles. The molecule has 1 amide bonds. The van der Waals surface area contributed by atoms with Crippen molar-refractivity contribution in [3.63, 3.8) is 0 Å². The summed E-state index contributed by atoms with van der Waals surface area (Å²) in [6, 6.07) is 7.47. The molecule has 0 radical (unpaired) electrons. The molecule has 18 heavy (non-hydrogen) atoms. The van der Waals surface area contributed by atoms with Gasteiger partial charge in [0.1, 0.15) is 0 Å². The van der Waals surface area contributed by atoms with Crippen LogP contribution in [0.4, 0.5) is 0 Å². The minimum absolute atomic E-state index is 0.167. The number of methoxy groups -OCH3 is 1. The van der Waals surface area contributed by atoms with Gasteiger partial charge in [0.05, 0.1) is 23.9 Å². The number of amides is 1. The highest BCUT2D eigenvalue weighted by molar-refractivity contribution is 8.00.